The van der Waals surface area contributed by atoms with Gasteiger partial charge < -0.3 is 10.1 Å². The number of hydrogen-bond donors (Lipinski definition) is 1. The summed E-state index contributed by atoms with van der Waals surface area (Å²) in [4.78, 5) is 0. The highest BCUT2D eigenvalue weighted by Crippen LogP contribution is 2.17. The van der Waals surface area contributed by atoms with Gasteiger partial charge in [0.15, 0.2) is 0 Å². The van der Waals surface area contributed by atoms with E-state index >= 15 is 0 Å². The van der Waals surface area contributed by atoms with Crippen molar-refractivity contribution in [2.24, 2.45) is 0 Å². The summed E-state index contributed by atoms with van der Waals surface area (Å²) >= 11 is 0. The molecule has 2 rings (SSSR count). The molecule has 0 fully saturated rings. The smallest absolute Gasteiger partial charge is 0.0734 e. The van der Waals surface area contributed by atoms with E-state index in [1.165, 1.54) is 0 Å². The molecule has 0 radical (unpaired) electrons. The minimum Gasteiger partial charge on any atom is -0.383 e. The first-order valence-corrected chi connectivity index (χ1v) is 6.68. The maximum atomic E-state index is 5.31. The Hall–Kier alpha value is -1.65. The van der Waals surface area contributed by atoms with Gasteiger partial charge in [-0.15, -0.1) is 0 Å². The first-order valence-electron chi connectivity index (χ1n) is 6.68. The fourth-order valence-corrected chi connectivity index (χ4v) is 2.10. The largest absolute Gasteiger partial charge is 0.383 e. The second-order valence-corrected chi connectivity index (χ2v) is 4.47. The summed E-state index contributed by atoms with van der Waals surface area (Å²) < 4.78 is 7.28. The molecule has 1 N–H and O–H groups in total. The van der Waals surface area contributed by atoms with Gasteiger partial charge in [0.25, 0.3) is 0 Å². The summed E-state index contributed by atoms with van der Waals surface area (Å²) in [5, 5.41) is 7.92. The van der Waals surface area contributed by atoms with Gasteiger partial charge in [0, 0.05) is 13.3 Å². The minimum atomic E-state index is 0.160. The van der Waals surface area contributed by atoms with Crippen molar-refractivity contribution in [2.45, 2.75) is 19.4 Å². The summed E-state index contributed by atoms with van der Waals surface area (Å²) in [6.45, 7) is 3.76. The molecular formula is C15H21N3O. The maximum absolute atomic E-state index is 5.31. The lowest BCUT2D eigenvalue weighted by molar-refractivity contribution is 0.164. The molecule has 0 aliphatic heterocycles. The number of nitrogens with one attached hydrogen (secondary N) is 1. The van der Waals surface area contributed by atoms with Crippen molar-refractivity contribution in [2.75, 3.05) is 20.3 Å². The Morgan fingerprint density at radius 1 is 1.26 bits per heavy atom. The summed E-state index contributed by atoms with van der Waals surface area (Å²) in [6.07, 6.45) is 2.93. The van der Waals surface area contributed by atoms with Gasteiger partial charge in [-0.1, -0.05) is 25.1 Å². The molecule has 4 heteroatoms. The zero-order chi connectivity index (χ0) is 13.5. The Balaban J connectivity index is 2.26. The van der Waals surface area contributed by atoms with Gasteiger partial charge in [-0.3, -0.25) is 0 Å². The molecule has 0 saturated heterocycles. The molecule has 0 amide bonds. The Bertz CT molecular complexity index is 481. The van der Waals surface area contributed by atoms with Crippen LogP contribution < -0.4 is 5.32 Å². The van der Waals surface area contributed by atoms with Crippen LogP contribution in [0.25, 0.3) is 5.69 Å². The molecule has 4 nitrogen and oxygen atoms in total. The van der Waals surface area contributed by atoms with Crippen LogP contribution >= 0.6 is 0 Å². The van der Waals surface area contributed by atoms with E-state index < -0.39 is 0 Å². The number of aromatic nitrogens is 2. The number of hydrogen-bond acceptors (Lipinski definition) is 3. The lowest BCUT2D eigenvalue weighted by Crippen LogP contribution is -2.28. The molecule has 1 aromatic carbocycles. The lowest BCUT2D eigenvalue weighted by atomic mass is 10.2. The summed E-state index contributed by atoms with van der Waals surface area (Å²) in [5.41, 5.74) is 2.20. The van der Waals surface area contributed by atoms with Gasteiger partial charge >= 0.3 is 0 Å². The fraction of sp³-hybridized carbons (Fsp3) is 0.400. The first kappa shape index (κ1) is 13.8. The highest BCUT2D eigenvalue weighted by atomic mass is 16.5. The van der Waals surface area contributed by atoms with Gasteiger partial charge in [-0.25, -0.2) is 4.68 Å². The SMILES string of the molecule is CCCNC(COC)c1ccnn1-c1ccccc1. The Kier molecular flexibility index (Phi) is 5.12. The van der Waals surface area contributed by atoms with Gasteiger partial charge in [0.05, 0.1) is 24.0 Å². The van der Waals surface area contributed by atoms with Crippen LogP contribution in [0.5, 0.6) is 0 Å². The molecule has 1 heterocycles. The van der Waals surface area contributed by atoms with E-state index in [4.69, 9.17) is 4.74 Å². The van der Waals surface area contributed by atoms with Gasteiger partial charge in [0.2, 0.25) is 0 Å². The number of benzene rings is 1. The topological polar surface area (TPSA) is 39.1 Å². The molecule has 1 atom stereocenters. The Labute approximate surface area is 114 Å². The molecule has 0 aliphatic rings. The van der Waals surface area contributed by atoms with Crippen molar-refractivity contribution in [3.8, 4) is 5.69 Å². The fourth-order valence-electron chi connectivity index (χ4n) is 2.10. The number of methoxy groups -OCH3 is 1. The first-order chi connectivity index (χ1) is 9.36. The molecule has 19 heavy (non-hydrogen) atoms. The van der Waals surface area contributed by atoms with E-state index in [1.54, 1.807) is 7.11 Å². The van der Waals surface area contributed by atoms with Gasteiger partial charge in [0.1, 0.15) is 0 Å². The molecule has 0 aliphatic carbocycles. The predicted octanol–water partition coefficient (Wildman–Crippen LogP) is 2.56. The molecule has 0 spiro atoms. The third-order valence-electron chi connectivity index (χ3n) is 3.00. The van der Waals surface area contributed by atoms with E-state index in [2.05, 4.69) is 29.5 Å². The average Bonchev–Trinajstić information content (AvgIpc) is 2.93. The molecule has 102 valence electrons. The zero-order valence-electron chi connectivity index (χ0n) is 11.5. The normalized spacial score (nSPS) is 12.5. The second kappa shape index (κ2) is 7.07. The van der Waals surface area contributed by atoms with Crippen LogP contribution in [-0.4, -0.2) is 30.0 Å². The van der Waals surface area contributed by atoms with Gasteiger partial charge in [-0.05, 0) is 31.2 Å². The highest BCUT2D eigenvalue weighted by Gasteiger charge is 2.16. The van der Waals surface area contributed by atoms with Crippen molar-refractivity contribution >= 4 is 0 Å². The van der Waals surface area contributed by atoms with Crippen LogP contribution in [0.3, 0.4) is 0 Å². The van der Waals surface area contributed by atoms with Crippen LogP contribution in [0.1, 0.15) is 25.1 Å². The number of ether oxygens (including phenoxy) is 1. The summed E-state index contributed by atoms with van der Waals surface area (Å²) in [7, 11) is 1.73. The Morgan fingerprint density at radius 3 is 2.74 bits per heavy atom. The molecule has 0 bridgehead atoms. The van der Waals surface area contributed by atoms with E-state index in [-0.39, 0.29) is 6.04 Å². The van der Waals surface area contributed by atoms with Crippen LogP contribution in [-0.2, 0) is 4.74 Å². The van der Waals surface area contributed by atoms with Crippen LogP contribution in [0.4, 0.5) is 0 Å². The van der Waals surface area contributed by atoms with Crippen LogP contribution in [0.15, 0.2) is 42.6 Å². The standard InChI is InChI=1S/C15H21N3O/c1-3-10-16-14(12-19-2)15-9-11-17-18(15)13-7-5-4-6-8-13/h4-9,11,14,16H,3,10,12H2,1-2H3. The third-order valence-corrected chi connectivity index (χ3v) is 3.00. The van der Waals surface area contributed by atoms with Crippen molar-refractivity contribution in [1.82, 2.24) is 15.1 Å². The van der Waals surface area contributed by atoms with Crippen molar-refractivity contribution < 1.29 is 4.74 Å². The lowest BCUT2D eigenvalue weighted by Gasteiger charge is -2.19. The van der Waals surface area contributed by atoms with E-state index in [1.807, 2.05) is 35.1 Å². The minimum absolute atomic E-state index is 0.160. The van der Waals surface area contributed by atoms with E-state index in [9.17, 15) is 0 Å². The number of nitrogens with zero attached hydrogens (tertiary/aromatic N) is 2. The van der Waals surface area contributed by atoms with Crippen molar-refractivity contribution in [3.05, 3.63) is 48.3 Å². The van der Waals surface area contributed by atoms with Crippen molar-refractivity contribution in [3.63, 3.8) is 0 Å². The average molecular weight is 259 g/mol. The molecular weight excluding hydrogens is 238 g/mol. The van der Waals surface area contributed by atoms with Gasteiger partial charge in [-0.2, -0.15) is 5.10 Å². The summed E-state index contributed by atoms with van der Waals surface area (Å²) in [5.74, 6) is 0. The molecule has 0 saturated carbocycles. The quantitative estimate of drug-likeness (QED) is 0.830. The van der Waals surface area contributed by atoms with Crippen molar-refractivity contribution in [1.29, 1.82) is 0 Å². The number of para-hydroxylation sites is 1. The highest BCUT2D eigenvalue weighted by molar-refractivity contribution is 5.33. The second-order valence-electron chi connectivity index (χ2n) is 4.47. The van der Waals surface area contributed by atoms with Crippen LogP contribution in [0, 0.1) is 0 Å². The van der Waals surface area contributed by atoms with Crippen LogP contribution in [0.2, 0.25) is 0 Å². The Morgan fingerprint density at radius 2 is 2.05 bits per heavy atom. The molecule has 1 unspecified atom stereocenters. The zero-order valence-corrected chi connectivity index (χ0v) is 11.5. The predicted molar refractivity (Wildman–Crippen MR) is 76.5 cm³/mol. The monoisotopic (exact) mass is 259 g/mol. The summed E-state index contributed by atoms with van der Waals surface area (Å²) in [6, 6.07) is 12.4. The van der Waals surface area contributed by atoms with E-state index in [0.717, 1.165) is 24.3 Å². The maximum Gasteiger partial charge on any atom is 0.0734 e. The molecule has 1 aromatic heterocycles. The third kappa shape index (κ3) is 3.43. The molecule has 2 aromatic rings. The number of rotatable bonds is 7. The van der Waals surface area contributed by atoms with E-state index in [0.29, 0.717) is 6.61 Å².